The molecule has 0 fully saturated rings. The molecule has 3 aromatic carbocycles. The summed E-state index contributed by atoms with van der Waals surface area (Å²) in [6.07, 6.45) is 0.671. The number of carbonyl (C=O) groups excluding carboxylic acids is 1. The Bertz CT molecular complexity index is 1070. The number of halogens is 1. The van der Waals surface area contributed by atoms with E-state index in [9.17, 15) is 9.18 Å². The van der Waals surface area contributed by atoms with E-state index in [4.69, 9.17) is 9.47 Å². The smallest absolute Gasteiger partial charge is 0.308 e. The molecule has 0 saturated carbocycles. The highest BCUT2D eigenvalue weighted by molar-refractivity contribution is 8.15. The van der Waals surface area contributed by atoms with Crippen LogP contribution in [0.4, 0.5) is 9.18 Å². The molecular formula is C24H24FNO3S. The van der Waals surface area contributed by atoms with Gasteiger partial charge in [-0.05, 0) is 52.7 Å². The minimum absolute atomic E-state index is 0.0849. The highest BCUT2D eigenvalue weighted by Gasteiger charge is 2.29. The average molecular weight is 426 g/mol. The molecule has 0 spiro atoms. The molecule has 1 unspecified atom stereocenters. The van der Waals surface area contributed by atoms with Crippen LogP contribution >= 0.6 is 11.8 Å². The second-order valence-electron chi connectivity index (χ2n) is 6.45. The fourth-order valence-electron chi connectivity index (χ4n) is 3.15. The lowest BCUT2D eigenvalue weighted by molar-refractivity contribution is 0.267. The zero-order chi connectivity index (χ0) is 21.5. The summed E-state index contributed by atoms with van der Waals surface area (Å²) in [6.45, 7) is 4.18. The average Bonchev–Trinajstić information content (AvgIpc) is 3.13. The number of ether oxygens (including phenoxy) is 2. The molecule has 0 N–H and O–H groups in total. The van der Waals surface area contributed by atoms with Gasteiger partial charge in [-0.15, -0.1) is 0 Å². The Morgan fingerprint density at radius 1 is 1.03 bits per heavy atom. The molecule has 0 aromatic heterocycles. The maximum atomic E-state index is 13.7. The van der Waals surface area contributed by atoms with E-state index < -0.39 is 0 Å². The SMILES string of the molecule is CC.COC1=NC(=O)SC1Cc1ccc2cc(OCc3ccccc3F)ccc2c1. The molecule has 3 aromatic rings. The number of benzene rings is 3. The summed E-state index contributed by atoms with van der Waals surface area (Å²) in [6, 6.07) is 18.5. The molecule has 0 bridgehead atoms. The maximum absolute atomic E-state index is 13.7. The maximum Gasteiger partial charge on any atom is 0.308 e. The van der Waals surface area contributed by atoms with Crippen molar-refractivity contribution in [1.29, 1.82) is 0 Å². The van der Waals surface area contributed by atoms with Gasteiger partial charge in [-0.1, -0.05) is 56.3 Å². The number of nitrogens with zero attached hydrogens (tertiary/aromatic N) is 1. The summed E-state index contributed by atoms with van der Waals surface area (Å²) in [5.74, 6) is 0.899. The first-order valence-corrected chi connectivity index (χ1v) is 10.7. The third-order valence-electron chi connectivity index (χ3n) is 4.58. The summed E-state index contributed by atoms with van der Waals surface area (Å²) < 4.78 is 24.7. The van der Waals surface area contributed by atoms with E-state index in [-0.39, 0.29) is 22.9 Å². The second-order valence-corrected chi connectivity index (χ2v) is 7.61. The lowest BCUT2D eigenvalue weighted by atomic mass is 10.0. The van der Waals surface area contributed by atoms with Gasteiger partial charge in [0.1, 0.15) is 18.2 Å². The zero-order valence-corrected chi connectivity index (χ0v) is 18.0. The number of methoxy groups -OCH3 is 1. The molecule has 1 heterocycles. The molecule has 156 valence electrons. The van der Waals surface area contributed by atoms with Crippen molar-refractivity contribution in [2.75, 3.05) is 7.11 Å². The van der Waals surface area contributed by atoms with Crippen LogP contribution in [-0.2, 0) is 17.8 Å². The molecule has 1 aliphatic heterocycles. The Labute approximate surface area is 180 Å². The lowest BCUT2D eigenvalue weighted by Crippen LogP contribution is -2.17. The third-order valence-corrected chi connectivity index (χ3v) is 5.52. The van der Waals surface area contributed by atoms with E-state index in [0.717, 1.165) is 16.3 Å². The molecule has 4 nitrogen and oxygen atoms in total. The molecule has 1 aliphatic rings. The first-order valence-electron chi connectivity index (χ1n) is 9.84. The zero-order valence-electron chi connectivity index (χ0n) is 17.2. The highest BCUT2D eigenvalue weighted by Crippen LogP contribution is 2.29. The Morgan fingerprint density at radius 2 is 1.77 bits per heavy atom. The molecule has 0 radical (unpaired) electrons. The molecule has 0 aliphatic carbocycles. The predicted octanol–water partition coefficient (Wildman–Crippen LogP) is 6.41. The van der Waals surface area contributed by atoms with E-state index in [2.05, 4.69) is 11.1 Å². The van der Waals surface area contributed by atoms with Crippen molar-refractivity contribution in [3.05, 3.63) is 77.6 Å². The lowest BCUT2D eigenvalue weighted by Gasteiger charge is -2.12. The minimum atomic E-state index is -0.268. The Morgan fingerprint density at radius 3 is 2.53 bits per heavy atom. The molecular weight excluding hydrogens is 401 g/mol. The fourth-order valence-corrected chi connectivity index (χ4v) is 4.06. The quantitative estimate of drug-likeness (QED) is 0.474. The number of thioether (sulfide) groups is 1. The second kappa shape index (κ2) is 10.3. The van der Waals surface area contributed by atoms with Gasteiger partial charge in [0.25, 0.3) is 0 Å². The van der Waals surface area contributed by atoms with E-state index in [1.54, 1.807) is 18.2 Å². The Hall–Kier alpha value is -2.86. The van der Waals surface area contributed by atoms with Crippen LogP contribution < -0.4 is 4.74 Å². The molecule has 0 saturated heterocycles. The van der Waals surface area contributed by atoms with Crippen LogP contribution in [0.5, 0.6) is 5.75 Å². The van der Waals surface area contributed by atoms with Crippen LogP contribution in [0.3, 0.4) is 0 Å². The number of aliphatic imine (C=N–C) groups is 1. The topological polar surface area (TPSA) is 47.9 Å². The van der Waals surface area contributed by atoms with Crippen molar-refractivity contribution in [3.8, 4) is 5.75 Å². The van der Waals surface area contributed by atoms with Crippen molar-refractivity contribution >= 4 is 33.7 Å². The van der Waals surface area contributed by atoms with Crippen LogP contribution in [0.25, 0.3) is 10.8 Å². The summed E-state index contributed by atoms with van der Waals surface area (Å²) in [7, 11) is 1.54. The van der Waals surface area contributed by atoms with Gasteiger partial charge in [0.15, 0.2) is 0 Å². The van der Waals surface area contributed by atoms with Gasteiger partial charge in [-0.25, -0.2) is 4.39 Å². The summed E-state index contributed by atoms with van der Waals surface area (Å²) in [5, 5.41) is 1.81. The number of hydrogen-bond acceptors (Lipinski definition) is 4. The van der Waals surface area contributed by atoms with Gasteiger partial charge in [-0.2, -0.15) is 4.99 Å². The van der Waals surface area contributed by atoms with Gasteiger partial charge in [0, 0.05) is 5.56 Å². The van der Waals surface area contributed by atoms with E-state index in [0.29, 0.717) is 23.6 Å². The van der Waals surface area contributed by atoms with Crippen molar-refractivity contribution in [2.24, 2.45) is 4.99 Å². The number of amides is 1. The molecule has 1 atom stereocenters. The molecule has 4 rings (SSSR count). The first kappa shape index (κ1) is 21.8. The van der Waals surface area contributed by atoms with E-state index in [1.165, 1.54) is 24.9 Å². The van der Waals surface area contributed by atoms with Crippen LogP contribution in [0.1, 0.15) is 25.0 Å². The van der Waals surface area contributed by atoms with Crippen molar-refractivity contribution in [3.63, 3.8) is 0 Å². The summed E-state index contributed by atoms with van der Waals surface area (Å²) in [5.41, 5.74) is 1.63. The molecule has 1 amide bonds. The largest absolute Gasteiger partial charge is 0.489 e. The monoisotopic (exact) mass is 425 g/mol. The van der Waals surface area contributed by atoms with Gasteiger partial charge in [-0.3, -0.25) is 4.79 Å². The van der Waals surface area contributed by atoms with Crippen LogP contribution in [0.15, 0.2) is 65.7 Å². The van der Waals surface area contributed by atoms with Gasteiger partial charge in [0.2, 0.25) is 5.90 Å². The predicted molar refractivity (Wildman–Crippen MR) is 121 cm³/mol. The first-order chi connectivity index (χ1) is 14.6. The third kappa shape index (κ3) is 5.19. The van der Waals surface area contributed by atoms with E-state index >= 15 is 0 Å². The van der Waals surface area contributed by atoms with Gasteiger partial charge >= 0.3 is 5.24 Å². The van der Waals surface area contributed by atoms with Crippen LogP contribution in [0.2, 0.25) is 0 Å². The summed E-state index contributed by atoms with van der Waals surface area (Å²) >= 11 is 1.19. The van der Waals surface area contributed by atoms with Gasteiger partial charge < -0.3 is 9.47 Å². The van der Waals surface area contributed by atoms with Crippen molar-refractivity contribution in [2.45, 2.75) is 32.1 Å². The Kier molecular flexibility index (Phi) is 7.46. The van der Waals surface area contributed by atoms with Gasteiger partial charge in [0.05, 0.1) is 12.4 Å². The standard InChI is InChI=1S/C22H18FNO3S.C2H6/c1-26-21-20(28-22(25)24-21)11-14-6-7-16-12-18(9-8-15(16)10-14)27-13-17-4-2-3-5-19(17)23;1-2/h2-10,12,20H,11,13H2,1H3;1-2H3. The normalized spacial score (nSPS) is 15.4. The number of fused-ring (bicyclic) bond motifs is 1. The van der Waals surface area contributed by atoms with Crippen LogP contribution in [-0.4, -0.2) is 23.5 Å². The number of rotatable bonds is 5. The molecule has 30 heavy (non-hydrogen) atoms. The summed E-state index contributed by atoms with van der Waals surface area (Å²) in [4.78, 5) is 15.4. The Balaban J connectivity index is 0.00000124. The van der Waals surface area contributed by atoms with Crippen molar-refractivity contribution < 1.29 is 18.7 Å². The number of hydrogen-bond donors (Lipinski definition) is 0. The van der Waals surface area contributed by atoms with Crippen molar-refractivity contribution in [1.82, 2.24) is 0 Å². The molecule has 6 heteroatoms. The van der Waals surface area contributed by atoms with Crippen LogP contribution in [0, 0.1) is 5.82 Å². The highest BCUT2D eigenvalue weighted by atomic mass is 32.2. The van der Waals surface area contributed by atoms with E-state index in [1.807, 2.05) is 44.2 Å². The fraction of sp³-hybridized carbons (Fsp3) is 0.250. The number of carbonyl (C=O) groups is 1. The minimum Gasteiger partial charge on any atom is -0.489 e.